The SMILES string of the molecule is C=C/C=C\C(C=NCCCCN=CC(/C=C\C=C)=C(/C=C)OC(C)(C)C)=C(/C=C)OC. The first kappa shape index (κ1) is 27.9. The molecule has 0 N–H and O–H groups in total. The summed E-state index contributed by atoms with van der Waals surface area (Å²) in [5.41, 5.74) is 1.41. The van der Waals surface area contributed by atoms with Crippen LogP contribution in [0.4, 0.5) is 0 Å². The van der Waals surface area contributed by atoms with Gasteiger partial charge in [-0.3, -0.25) is 9.98 Å². The Bertz CT molecular complexity index is 770. The van der Waals surface area contributed by atoms with E-state index in [1.165, 1.54) is 0 Å². The van der Waals surface area contributed by atoms with Gasteiger partial charge in [-0.05, 0) is 57.9 Å². The fourth-order valence-corrected chi connectivity index (χ4v) is 2.32. The van der Waals surface area contributed by atoms with E-state index in [2.05, 4.69) is 36.3 Å². The van der Waals surface area contributed by atoms with Crippen LogP contribution in [-0.2, 0) is 9.47 Å². The predicted molar refractivity (Wildman–Crippen MR) is 137 cm³/mol. The summed E-state index contributed by atoms with van der Waals surface area (Å²) in [6.45, 7) is 22.4. The summed E-state index contributed by atoms with van der Waals surface area (Å²) < 4.78 is 11.3. The normalized spacial score (nSPS) is 14.1. The molecule has 0 aliphatic carbocycles. The van der Waals surface area contributed by atoms with Crippen molar-refractivity contribution in [2.24, 2.45) is 9.98 Å². The Morgan fingerprint density at radius 2 is 1.23 bits per heavy atom. The van der Waals surface area contributed by atoms with E-state index in [0.29, 0.717) is 24.6 Å². The topological polar surface area (TPSA) is 43.2 Å². The highest BCUT2D eigenvalue weighted by Gasteiger charge is 2.13. The first-order valence-electron chi connectivity index (χ1n) is 10.4. The van der Waals surface area contributed by atoms with Crippen molar-refractivity contribution in [1.29, 1.82) is 0 Å². The van der Waals surface area contributed by atoms with Gasteiger partial charge in [0.25, 0.3) is 0 Å². The van der Waals surface area contributed by atoms with Crippen molar-refractivity contribution in [1.82, 2.24) is 0 Å². The molecule has 0 aliphatic heterocycles. The Labute approximate surface area is 189 Å². The van der Waals surface area contributed by atoms with E-state index in [0.717, 1.165) is 24.0 Å². The van der Waals surface area contributed by atoms with Gasteiger partial charge in [-0.15, -0.1) is 0 Å². The lowest BCUT2D eigenvalue weighted by atomic mass is 10.1. The van der Waals surface area contributed by atoms with Crippen LogP contribution in [0.1, 0.15) is 33.6 Å². The second kappa shape index (κ2) is 16.6. The number of hydrogen-bond donors (Lipinski definition) is 0. The maximum Gasteiger partial charge on any atom is 0.128 e. The maximum absolute atomic E-state index is 5.98. The van der Waals surface area contributed by atoms with Gasteiger partial charge in [0.15, 0.2) is 0 Å². The Kier molecular flexibility index (Phi) is 15.0. The van der Waals surface area contributed by atoms with Gasteiger partial charge >= 0.3 is 0 Å². The Morgan fingerprint density at radius 3 is 1.58 bits per heavy atom. The maximum atomic E-state index is 5.98. The highest BCUT2D eigenvalue weighted by Crippen LogP contribution is 2.18. The lowest BCUT2D eigenvalue weighted by Crippen LogP contribution is -2.19. The number of methoxy groups -OCH3 is 1. The molecule has 0 aliphatic rings. The van der Waals surface area contributed by atoms with Crippen LogP contribution in [0.15, 0.2) is 108 Å². The van der Waals surface area contributed by atoms with Crippen molar-refractivity contribution in [3.63, 3.8) is 0 Å². The van der Waals surface area contributed by atoms with E-state index >= 15 is 0 Å². The van der Waals surface area contributed by atoms with Gasteiger partial charge in [0.2, 0.25) is 0 Å². The quantitative estimate of drug-likeness (QED) is 0.127. The summed E-state index contributed by atoms with van der Waals surface area (Å²) in [6.07, 6.45) is 19.8. The fraction of sp³-hybridized carbons (Fsp3) is 0.333. The molecule has 0 radical (unpaired) electrons. The molecule has 0 spiro atoms. The molecule has 0 atom stereocenters. The standard InChI is InChI=1S/C27H38N2O2/c1-9-13-17-23(25(11-3)30-8)21-28-19-15-16-20-29-22-24(18-14-10-2)26(12-4)31-27(5,6)7/h9-14,17-18,21-22H,1-4,15-16,19-20H2,5-8H3/b17-13-,18-14-,25-23-,26-24-,28-21?,29-22?. The molecule has 0 heterocycles. The fourth-order valence-electron chi connectivity index (χ4n) is 2.32. The largest absolute Gasteiger partial charge is 0.496 e. The second-order valence-electron chi connectivity index (χ2n) is 7.43. The zero-order valence-corrected chi connectivity index (χ0v) is 19.6. The molecule has 0 aromatic rings. The zero-order valence-electron chi connectivity index (χ0n) is 19.6. The first-order valence-corrected chi connectivity index (χ1v) is 10.4. The molecule has 0 saturated heterocycles. The zero-order chi connectivity index (χ0) is 23.5. The molecule has 0 saturated carbocycles. The van der Waals surface area contributed by atoms with E-state index in [1.54, 1.807) is 37.6 Å². The molecule has 31 heavy (non-hydrogen) atoms. The monoisotopic (exact) mass is 422 g/mol. The molecule has 0 amide bonds. The summed E-state index contributed by atoms with van der Waals surface area (Å²) >= 11 is 0. The Morgan fingerprint density at radius 1 is 0.774 bits per heavy atom. The van der Waals surface area contributed by atoms with Crippen LogP contribution in [0.25, 0.3) is 0 Å². The molecule has 0 bridgehead atoms. The third kappa shape index (κ3) is 13.7. The first-order chi connectivity index (χ1) is 14.8. The van der Waals surface area contributed by atoms with Crippen LogP contribution >= 0.6 is 0 Å². The summed E-state index contributed by atoms with van der Waals surface area (Å²) in [4.78, 5) is 9.02. The minimum absolute atomic E-state index is 0.314. The lowest BCUT2D eigenvalue weighted by molar-refractivity contribution is 0.0594. The van der Waals surface area contributed by atoms with E-state index in [9.17, 15) is 0 Å². The molecular formula is C27H38N2O2. The van der Waals surface area contributed by atoms with Gasteiger partial charge in [-0.2, -0.15) is 0 Å². The average Bonchev–Trinajstić information content (AvgIpc) is 2.73. The number of ether oxygens (including phenoxy) is 2. The van der Waals surface area contributed by atoms with Gasteiger partial charge in [0.1, 0.15) is 17.1 Å². The van der Waals surface area contributed by atoms with Crippen LogP contribution in [-0.4, -0.2) is 38.2 Å². The molecular weight excluding hydrogens is 384 g/mol. The molecule has 168 valence electrons. The molecule has 0 unspecified atom stereocenters. The number of rotatable bonds is 15. The van der Waals surface area contributed by atoms with E-state index in [1.807, 2.05) is 51.3 Å². The summed E-state index contributed by atoms with van der Waals surface area (Å²) in [7, 11) is 1.61. The van der Waals surface area contributed by atoms with Crippen molar-refractivity contribution in [2.45, 2.75) is 39.2 Å². The third-order valence-corrected chi connectivity index (χ3v) is 3.68. The molecule has 0 aromatic heterocycles. The van der Waals surface area contributed by atoms with Crippen molar-refractivity contribution < 1.29 is 9.47 Å². The molecule has 0 fully saturated rings. The average molecular weight is 423 g/mol. The van der Waals surface area contributed by atoms with Crippen LogP contribution in [0.2, 0.25) is 0 Å². The third-order valence-electron chi connectivity index (χ3n) is 3.68. The Hall–Kier alpha value is -3.14. The van der Waals surface area contributed by atoms with Crippen LogP contribution in [0.3, 0.4) is 0 Å². The van der Waals surface area contributed by atoms with Crippen molar-refractivity contribution in [3.8, 4) is 0 Å². The smallest absolute Gasteiger partial charge is 0.128 e. The second-order valence-corrected chi connectivity index (χ2v) is 7.43. The van der Waals surface area contributed by atoms with Gasteiger partial charge in [-0.1, -0.05) is 50.6 Å². The number of allylic oxidation sites excluding steroid dienone is 10. The van der Waals surface area contributed by atoms with Crippen LogP contribution in [0.5, 0.6) is 0 Å². The summed E-state index contributed by atoms with van der Waals surface area (Å²) in [5, 5.41) is 0. The van der Waals surface area contributed by atoms with E-state index < -0.39 is 0 Å². The number of unbranched alkanes of at least 4 members (excludes halogenated alkanes) is 1. The number of aliphatic imine (C=N–C) groups is 2. The number of nitrogens with zero attached hydrogens (tertiary/aromatic N) is 2. The van der Waals surface area contributed by atoms with E-state index in [4.69, 9.17) is 9.47 Å². The van der Waals surface area contributed by atoms with Crippen molar-refractivity contribution in [2.75, 3.05) is 20.2 Å². The van der Waals surface area contributed by atoms with Crippen LogP contribution < -0.4 is 0 Å². The summed E-state index contributed by atoms with van der Waals surface area (Å²) in [5.74, 6) is 1.37. The molecule has 4 heteroatoms. The highest BCUT2D eigenvalue weighted by molar-refractivity contribution is 5.84. The predicted octanol–water partition coefficient (Wildman–Crippen LogP) is 6.73. The minimum Gasteiger partial charge on any atom is -0.496 e. The van der Waals surface area contributed by atoms with Gasteiger partial charge in [0, 0.05) is 36.7 Å². The van der Waals surface area contributed by atoms with Gasteiger partial charge in [0.05, 0.1) is 7.11 Å². The van der Waals surface area contributed by atoms with Crippen molar-refractivity contribution in [3.05, 3.63) is 97.6 Å². The van der Waals surface area contributed by atoms with Crippen molar-refractivity contribution >= 4 is 12.4 Å². The molecule has 0 aromatic carbocycles. The molecule has 0 rings (SSSR count). The number of hydrogen-bond acceptors (Lipinski definition) is 4. The minimum atomic E-state index is -0.314. The molecule has 4 nitrogen and oxygen atoms in total. The lowest BCUT2D eigenvalue weighted by Gasteiger charge is -2.22. The summed E-state index contributed by atoms with van der Waals surface area (Å²) in [6, 6.07) is 0. The Balaban J connectivity index is 4.90. The van der Waals surface area contributed by atoms with Crippen LogP contribution in [0, 0.1) is 0 Å². The van der Waals surface area contributed by atoms with Gasteiger partial charge in [-0.25, -0.2) is 0 Å². The van der Waals surface area contributed by atoms with Gasteiger partial charge < -0.3 is 9.47 Å². The van der Waals surface area contributed by atoms with E-state index in [-0.39, 0.29) is 5.60 Å². The highest BCUT2D eigenvalue weighted by atomic mass is 16.5.